The molecule has 1 N–H and O–H groups in total. The number of aromatic amines is 1. The van der Waals surface area contributed by atoms with Gasteiger partial charge in [0.15, 0.2) is 0 Å². The predicted octanol–water partition coefficient (Wildman–Crippen LogP) is 9.23. The van der Waals surface area contributed by atoms with Crippen LogP contribution in [-0.4, -0.2) is 23.3 Å². The van der Waals surface area contributed by atoms with Crippen LogP contribution in [0.4, 0.5) is 0 Å². The van der Waals surface area contributed by atoms with Gasteiger partial charge >= 0.3 is 0 Å². The number of fused-ring (bicyclic) bond motifs is 7. The van der Waals surface area contributed by atoms with E-state index in [4.69, 9.17) is 9.47 Å². The second-order valence-corrected chi connectivity index (χ2v) is 15.8. The zero-order valence-electron chi connectivity index (χ0n) is 26.2. The van der Waals surface area contributed by atoms with Gasteiger partial charge in [0.25, 0.3) is 0 Å². The van der Waals surface area contributed by atoms with E-state index in [0.717, 1.165) is 42.6 Å². The van der Waals surface area contributed by atoms with E-state index in [2.05, 4.69) is 81.3 Å². The van der Waals surface area contributed by atoms with Crippen molar-refractivity contribution in [1.29, 1.82) is 0 Å². The third-order valence-corrected chi connectivity index (χ3v) is 13.7. The Balaban J connectivity index is 0.967. The van der Waals surface area contributed by atoms with Gasteiger partial charge in [-0.2, -0.15) is 0 Å². The Morgan fingerprint density at radius 2 is 1.78 bits per heavy atom. The van der Waals surface area contributed by atoms with Crippen molar-refractivity contribution in [3.8, 4) is 0 Å². The average molecular weight is 558 g/mol. The third-order valence-electron chi connectivity index (χ3n) is 13.7. The molecule has 0 spiro atoms. The minimum atomic E-state index is 0.446. The lowest BCUT2D eigenvalue weighted by Crippen LogP contribution is -2.54. The number of hydrogen-bond donors (Lipinski definition) is 1. The molecule has 5 fully saturated rings. The van der Waals surface area contributed by atoms with Crippen LogP contribution < -0.4 is 0 Å². The summed E-state index contributed by atoms with van der Waals surface area (Å²) >= 11 is 0. The number of benzene rings is 1. The summed E-state index contributed by atoms with van der Waals surface area (Å²) in [6, 6.07) is 15.1. The summed E-state index contributed by atoms with van der Waals surface area (Å²) in [4.78, 5) is 3.39. The van der Waals surface area contributed by atoms with Gasteiger partial charge in [-0.15, -0.1) is 0 Å². The van der Waals surface area contributed by atoms with E-state index >= 15 is 0 Å². The summed E-state index contributed by atoms with van der Waals surface area (Å²) in [5, 5.41) is 0. The Labute approximate surface area is 249 Å². The first-order valence-electron chi connectivity index (χ1n) is 17.3. The van der Waals surface area contributed by atoms with Crippen molar-refractivity contribution >= 4 is 0 Å². The van der Waals surface area contributed by atoms with E-state index in [-0.39, 0.29) is 0 Å². The molecule has 0 radical (unpaired) electrons. The molecule has 12 atom stereocenters. The molecule has 0 amide bonds. The van der Waals surface area contributed by atoms with Crippen LogP contribution in [0.3, 0.4) is 0 Å². The maximum atomic E-state index is 7.00. The van der Waals surface area contributed by atoms with Crippen LogP contribution in [0.2, 0.25) is 0 Å². The van der Waals surface area contributed by atoms with Crippen LogP contribution in [0.1, 0.15) is 103 Å². The summed E-state index contributed by atoms with van der Waals surface area (Å²) in [6.45, 7) is 11.1. The van der Waals surface area contributed by atoms with E-state index in [1.54, 1.807) is 0 Å². The molecule has 1 saturated heterocycles. The number of aromatic nitrogens is 1. The molecular formula is C38H55NO2. The predicted molar refractivity (Wildman–Crippen MR) is 166 cm³/mol. The molecule has 4 saturated carbocycles. The van der Waals surface area contributed by atoms with Crippen molar-refractivity contribution in [2.24, 2.45) is 52.3 Å². The van der Waals surface area contributed by atoms with E-state index in [1.807, 2.05) is 0 Å². The van der Waals surface area contributed by atoms with E-state index < -0.39 is 0 Å². The maximum absolute atomic E-state index is 7.00. The van der Waals surface area contributed by atoms with Crippen molar-refractivity contribution < 1.29 is 9.47 Å². The summed E-state index contributed by atoms with van der Waals surface area (Å²) in [5.74, 6) is 5.72. The van der Waals surface area contributed by atoms with Crippen molar-refractivity contribution in [2.45, 2.75) is 123 Å². The van der Waals surface area contributed by atoms with Gasteiger partial charge < -0.3 is 14.5 Å². The van der Waals surface area contributed by atoms with E-state index in [1.165, 1.54) is 75.5 Å². The first-order valence-corrected chi connectivity index (χ1v) is 17.3. The highest BCUT2D eigenvalue weighted by Crippen LogP contribution is 2.70. The zero-order valence-corrected chi connectivity index (χ0v) is 26.2. The van der Waals surface area contributed by atoms with Gasteiger partial charge in [-0.25, -0.2) is 0 Å². The Hall–Kier alpha value is -1.58. The highest BCUT2D eigenvalue weighted by atomic mass is 16.5. The van der Waals surface area contributed by atoms with Crippen molar-refractivity contribution in [3.63, 3.8) is 0 Å². The number of hydrogen-bond acceptors (Lipinski definition) is 2. The van der Waals surface area contributed by atoms with Gasteiger partial charge in [-0.05, 0) is 141 Å². The molecular weight excluding hydrogens is 502 g/mol. The Morgan fingerprint density at radius 3 is 2.59 bits per heavy atom. The zero-order chi connectivity index (χ0) is 28.2. The number of H-pyrrole nitrogens is 1. The van der Waals surface area contributed by atoms with Gasteiger partial charge in [-0.3, -0.25) is 0 Å². The third kappa shape index (κ3) is 5.05. The molecule has 1 aromatic carbocycles. The molecule has 41 heavy (non-hydrogen) atoms. The summed E-state index contributed by atoms with van der Waals surface area (Å²) < 4.78 is 13.5. The molecule has 0 unspecified atom stereocenters. The molecule has 4 aliphatic carbocycles. The molecule has 2 aromatic rings. The smallest absolute Gasteiger partial charge is 0.0720 e. The van der Waals surface area contributed by atoms with E-state index in [9.17, 15) is 0 Å². The number of rotatable bonds is 8. The van der Waals surface area contributed by atoms with Crippen LogP contribution >= 0.6 is 0 Å². The Morgan fingerprint density at radius 1 is 0.951 bits per heavy atom. The molecule has 1 aromatic heterocycles. The quantitative estimate of drug-likeness (QED) is 0.351. The van der Waals surface area contributed by atoms with Crippen molar-refractivity contribution in [3.05, 3.63) is 59.9 Å². The van der Waals surface area contributed by atoms with Gasteiger partial charge in [0, 0.05) is 11.9 Å². The first-order chi connectivity index (χ1) is 19.8. The topological polar surface area (TPSA) is 34.2 Å². The Bertz CT molecular complexity index is 1150. The van der Waals surface area contributed by atoms with Crippen LogP contribution in [0.15, 0.2) is 48.7 Å². The standard InChI is InChI=1S/C38H55NO2/c1-25(21-29-11-8-20-39-29)12-15-34-26(2)36-35(41-34)23-33-31-14-13-28-22-30(40-24-27-9-6-5-7-10-27)16-18-37(28,3)32(31)17-19-38(33,36)4/h5-11,20,25-26,28,30-36,39H,12-19,21-24H2,1-4H3/t25-,26+,28+,30-,31+,32-,33-,34+,35-,36-,37-,38-/m0/s1. The molecule has 1 aliphatic heterocycles. The number of ether oxygens (including phenoxy) is 2. The fourth-order valence-electron chi connectivity index (χ4n) is 11.6. The Kier molecular flexibility index (Phi) is 7.68. The van der Waals surface area contributed by atoms with Gasteiger partial charge in [0.1, 0.15) is 0 Å². The minimum Gasteiger partial charge on any atom is -0.374 e. The number of nitrogens with one attached hydrogen (secondary N) is 1. The van der Waals surface area contributed by atoms with Crippen molar-refractivity contribution in [1.82, 2.24) is 4.98 Å². The maximum Gasteiger partial charge on any atom is 0.0720 e. The first kappa shape index (κ1) is 28.2. The van der Waals surface area contributed by atoms with Crippen LogP contribution in [0.25, 0.3) is 0 Å². The molecule has 5 aliphatic rings. The van der Waals surface area contributed by atoms with Gasteiger partial charge in [0.05, 0.1) is 24.9 Å². The molecule has 2 heterocycles. The minimum absolute atomic E-state index is 0.446. The lowest BCUT2D eigenvalue weighted by molar-refractivity contribution is -0.139. The average Bonchev–Trinajstić information content (AvgIpc) is 3.67. The van der Waals surface area contributed by atoms with Crippen molar-refractivity contribution in [2.75, 3.05) is 0 Å². The molecule has 224 valence electrons. The normalized spacial score (nSPS) is 44.0. The summed E-state index contributed by atoms with van der Waals surface area (Å²) in [7, 11) is 0. The second kappa shape index (κ2) is 11.2. The van der Waals surface area contributed by atoms with Crippen LogP contribution in [0, 0.1) is 52.3 Å². The summed E-state index contributed by atoms with van der Waals surface area (Å²) in [6.07, 6.45) is 18.1. The van der Waals surface area contributed by atoms with Gasteiger partial charge in [-0.1, -0.05) is 58.0 Å². The second-order valence-electron chi connectivity index (χ2n) is 15.8. The fourth-order valence-corrected chi connectivity index (χ4v) is 11.6. The molecule has 3 nitrogen and oxygen atoms in total. The fraction of sp³-hybridized carbons (Fsp3) is 0.737. The van der Waals surface area contributed by atoms with Crippen LogP contribution in [0.5, 0.6) is 0 Å². The molecule has 3 heteroatoms. The van der Waals surface area contributed by atoms with E-state index in [0.29, 0.717) is 41.0 Å². The SMILES string of the molecule is C[C@@H](CC[C@H]1O[C@H]2C[C@H]3[C@@H]4CC[C@@H]5C[C@@H](OCc6ccccc6)CC[C@]5(C)[C@H]4CC[C@]3(C)[C@H]2[C@@H]1C)Cc1ccc[nH]1. The van der Waals surface area contributed by atoms with Gasteiger partial charge in [0.2, 0.25) is 0 Å². The monoisotopic (exact) mass is 557 g/mol. The highest BCUT2D eigenvalue weighted by molar-refractivity contribution is 5.15. The lowest BCUT2D eigenvalue weighted by atomic mass is 9.44. The molecule has 0 bridgehead atoms. The summed E-state index contributed by atoms with van der Waals surface area (Å²) in [5.41, 5.74) is 3.68. The molecule has 7 rings (SSSR count). The van der Waals surface area contributed by atoms with Crippen LogP contribution in [-0.2, 0) is 22.5 Å². The largest absolute Gasteiger partial charge is 0.374 e. The lowest BCUT2D eigenvalue weighted by Gasteiger charge is -2.61. The highest BCUT2D eigenvalue weighted by Gasteiger charge is 2.65.